The Morgan fingerprint density at radius 1 is 1.06 bits per heavy atom. The topological polar surface area (TPSA) is 29.5 Å². The molecular weight excluding hydrogens is 430 g/mol. The van der Waals surface area contributed by atoms with E-state index in [2.05, 4.69) is 81.1 Å². The average molecular weight is 468 g/mol. The second kappa shape index (κ2) is 9.62. The van der Waals surface area contributed by atoms with Gasteiger partial charge in [0.2, 0.25) is 0 Å². The predicted octanol–water partition coefficient (Wildman–Crippen LogP) is 6.70. The molecular formula is C32H37NO2. The minimum absolute atomic E-state index is 0.197. The van der Waals surface area contributed by atoms with Crippen molar-refractivity contribution in [2.75, 3.05) is 26.2 Å². The van der Waals surface area contributed by atoms with E-state index in [4.69, 9.17) is 4.74 Å². The summed E-state index contributed by atoms with van der Waals surface area (Å²) in [4.78, 5) is 16.3. The molecule has 0 amide bonds. The van der Waals surface area contributed by atoms with Crippen molar-refractivity contribution in [2.45, 2.75) is 52.4 Å². The molecule has 1 unspecified atom stereocenters. The van der Waals surface area contributed by atoms with Crippen LogP contribution in [0.1, 0.15) is 62.0 Å². The van der Waals surface area contributed by atoms with Crippen molar-refractivity contribution in [3.8, 4) is 5.75 Å². The van der Waals surface area contributed by atoms with E-state index < -0.39 is 0 Å². The van der Waals surface area contributed by atoms with Crippen LogP contribution in [0.4, 0.5) is 0 Å². The van der Waals surface area contributed by atoms with Gasteiger partial charge in [-0.1, -0.05) is 70.2 Å². The molecule has 0 fully saturated rings. The highest BCUT2D eigenvalue weighted by Gasteiger charge is 2.48. The molecule has 0 N–H and O–H groups in total. The average Bonchev–Trinajstić information content (AvgIpc) is 3.21. The first kappa shape index (κ1) is 23.8. The third kappa shape index (κ3) is 4.21. The molecule has 3 aliphatic carbocycles. The predicted molar refractivity (Wildman–Crippen MR) is 143 cm³/mol. The van der Waals surface area contributed by atoms with Gasteiger partial charge in [-0.05, 0) is 78.4 Å². The molecule has 5 rings (SSSR count). The third-order valence-electron chi connectivity index (χ3n) is 8.16. The third-order valence-corrected chi connectivity index (χ3v) is 8.16. The lowest BCUT2D eigenvalue weighted by Crippen LogP contribution is -2.33. The summed E-state index contributed by atoms with van der Waals surface area (Å²) < 4.78 is 6.17. The molecule has 0 aromatic heterocycles. The molecule has 3 heteroatoms. The number of carbonyl (C=O) groups is 1. The van der Waals surface area contributed by atoms with Crippen LogP contribution in [0.15, 0.2) is 83.0 Å². The maximum Gasteiger partial charge on any atom is 0.193 e. The lowest BCUT2D eigenvalue weighted by Gasteiger charge is -2.38. The van der Waals surface area contributed by atoms with Crippen molar-refractivity contribution in [2.24, 2.45) is 5.92 Å². The molecule has 1 atom stereocenters. The molecule has 0 saturated carbocycles. The first-order chi connectivity index (χ1) is 17.0. The normalized spacial score (nSPS) is 20.3. The van der Waals surface area contributed by atoms with Crippen LogP contribution in [-0.2, 0) is 11.8 Å². The van der Waals surface area contributed by atoms with Crippen molar-refractivity contribution in [1.29, 1.82) is 0 Å². The Bertz CT molecular complexity index is 1210. The lowest BCUT2D eigenvalue weighted by atomic mass is 9.65. The molecule has 0 radical (unpaired) electrons. The van der Waals surface area contributed by atoms with Crippen molar-refractivity contribution in [3.05, 3.63) is 99.7 Å². The van der Waals surface area contributed by atoms with Gasteiger partial charge in [0.15, 0.2) is 5.78 Å². The highest BCUT2D eigenvalue weighted by atomic mass is 16.5. The number of hydrogen-bond acceptors (Lipinski definition) is 3. The summed E-state index contributed by atoms with van der Waals surface area (Å²) in [6.45, 7) is 12.6. The molecule has 2 aromatic carbocycles. The molecule has 3 nitrogen and oxygen atoms in total. The summed E-state index contributed by atoms with van der Waals surface area (Å²) in [6.07, 6.45) is 7.46. The van der Waals surface area contributed by atoms with Gasteiger partial charge in [-0.15, -0.1) is 0 Å². The van der Waals surface area contributed by atoms with Crippen LogP contribution >= 0.6 is 0 Å². The first-order valence-corrected chi connectivity index (χ1v) is 13.2. The zero-order chi connectivity index (χ0) is 24.6. The van der Waals surface area contributed by atoms with Gasteiger partial charge in [-0.3, -0.25) is 4.79 Å². The molecule has 2 aromatic rings. The Morgan fingerprint density at radius 2 is 1.83 bits per heavy atom. The summed E-state index contributed by atoms with van der Waals surface area (Å²) >= 11 is 0. The number of rotatable bonds is 8. The van der Waals surface area contributed by atoms with Gasteiger partial charge in [-0.25, -0.2) is 0 Å². The maximum absolute atomic E-state index is 14.0. The standard InChI is InChI=1S/C32H37NO2/c1-5-33(6-2)18-19-35-23-16-17-26-28(21-23)32(3,4)30-27(20-22-12-8-7-9-13-22)24-14-10-11-15-25(24)29(30)31(26)34/h7-10,12-14,16-17,21,27H,5-6,11,15,18-20H2,1-4H3. The van der Waals surface area contributed by atoms with Crippen LogP contribution in [0.25, 0.3) is 0 Å². The number of Topliss-reactive ketones (excluding diaryl/α,β-unsaturated/α-hetero) is 1. The Labute approximate surface area is 210 Å². The van der Waals surface area contributed by atoms with E-state index in [1.807, 2.05) is 12.1 Å². The number of benzene rings is 2. The Balaban J connectivity index is 1.51. The van der Waals surface area contributed by atoms with Gasteiger partial charge in [0.25, 0.3) is 0 Å². The Hall–Kier alpha value is -2.91. The van der Waals surface area contributed by atoms with Crippen molar-refractivity contribution in [3.63, 3.8) is 0 Å². The molecule has 3 aliphatic rings. The van der Waals surface area contributed by atoms with Crippen molar-refractivity contribution in [1.82, 2.24) is 4.90 Å². The van der Waals surface area contributed by atoms with Crippen molar-refractivity contribution < 1.29 is 9.53 Å². The quantitative estimate of drug-likeness (QED) is 0.433. The molecule has 0 spiro atoms. The van der Waals surface area contributed by atoms with Crippen LogP contribution in [-0.4, -0.2) is 36.9 Å². The van der Waals surface area contributed by atoms with Crippen LogP contribution < -0.4 is 4.74 Å². The largest absolute Gasteiger partial charge is 0.492 e. The van der Waals surface area contributed by atoms with Gasteiger partial charge in [0, 0.05) is 29.0 Å². The fraction of sp³-hybridized carbons (Fsp3) is 0.406. The SMILES string of the molecule is CCN(CC)CCOc1ccc2c(c1)C(C)(C)C1=C(C2=O)C2=C(C=CCC2)C1Cc1ccccc1. The lowest BCUT2D eigenvalue weighted by molar-refractivity contribution is 0.102. The second-order valence-electron chi connectivity index (χ2n) is 10.4. The number of ether oxygens (including phenoxy) is 1. The van der Waals surface area contributed by atoms with Gasteiger partial charge in [0.05, 0.1) is 0 Å². The van der Waals surface area contributed by atoms with E-state index in [9.17, 15) is 4.79 Å². The van der Waals surface area contributed by atoms with E-state index in [1.165, 1.54) is 22.3 Å². The number of carbonyl (C=O) groups excluding carboxylic acids is 1. The number of fused-ring (bicyclic) bond motifs is 2. The summed E-state index contributed by atoms with van der Waals surface area (Å²) in [5.41, 5.74) is 7.95. The molecule has 0 saturated heterocycles. The maximum atomic E-state index is 14.0. The fourth-order valence-corrected chi connectivity index (χ4v) is 6.28. The summed E-state index contributed by atoms with van der Waals surface area (Å²) in [7, 11) is 0. The number of allylic oxidation sites excluding steroid dienone is 6. The zero-order valence-corrected chi connectivity index (χ0v) is 21.6. The summed E-state index contributed by atoms with van der Waals surface area (Å²) in [5.74, 6) is 1.29. The molecule has 182 valence electrons. The van der Waals surface area contributed by atoms with Gasteiger partial charge in [-0.2, -0.15) is 0 Å². The van der Waals surface area contributed by atoms with Gasteiger partial charge >= 0.3 is 0 Å². The fourth-order valence-electron chi connectivity index (χ4n) is 6.28. The monoisotopic (exact) mass is 467 g/mol. The molecule has 0 heterocycles. The van der Waals surface area contributed by atoms with Gasteiger partial charge in [0.1, 0.15) is 12.4 Å². The van der Waals surface area contributed by atoms with Crippen LogP contribution in [0.3, 0.4) is 0 Å². The summed E-state index contributed by atoms with van der Waals surface area (Å²) in [5, 5.41) is 0. The van der Waals surface area contributed by atoms with E-state index in [0.29, 0.717) is 6.61 Å². The van der Waals surface area contributed by atoms with E-state index in [-0.39, 0.29) is 17.1 Å². The minimum Gasteiger partial charge on any atom is -0.492 e. The highest BCUT2D eigenvalue weighted by molar-refractivity contribution is 6.16. The number of hydrogen-bond donors (Lipinski definition) is 0. The second-order valence-corrected chi connectivity index (χ2v) is 10.4. The van der Waals surface area contributed by atoms with Crippen LogP contribution in [0.5, 0.6) is 5.75 Å². The van der Waals surface area contributed by atoms with Crippen LogP contribution in [0, 0.1) is 5.92 Å². The smallest absolute Gasteiger partial charge is 0.193 e. The molecule has 35 heavy (non-hydrogen) atoms. The number of nitrogens with zero attached hydrogens (tertiary/aromatic N) is 1. The summed E-state index contributed by atoms with van der Waals surface area (Å²) in [6, 6.07) is 16.8. The minimum atomic E-state index is -0.249. The Kier molecular flexibility index (Phi) is 6.55. The van der Waals surface area contributed by atoms with E-state index in [1.54, 1.807) is 0 Å². The Morgan fingerprint density at radius 3 is 2.57 bits per heavy atom. The zero-order valence-electron chi connectivity index (χ0n) is 21.6. The van der Waals surface area contributed by atoms with E-state index >= 15 is 0 Å². The molecule has 0 bridgehead atoms. The first-order valence-electron chi connectivity index (χ1n) is 13.2. The van der Waals surface area contributed by atoms with Crippen molar-refractivity contribution >= 4 is 5.78 Å². The number of likely N-dealkylation sites (N-methyl/N-ethyl adjacent to an activating group) is 1. The highest BCUT2D eigenvalue weighted by Crippen LogP contribution is 2.55. The van der Waals surface area contributed by atoms with E-state index in [0.717, 1.165) is 61.3 Å². The van der Waals surface area contributed by atoms with Gasteiger partial charge < -0.3 is 9.64 Å². The molecule has 0 aliphatic heterocycles. The van der Waals surface area contributed by atoms with Crippen LogP contribution in [0.2, 0.25) is 0 Å². The number of ketones is 1.